The second-order valence-electron chi connectivity index (χ2n) is 5.58. The Morgan fingerprint density at radius 3 is 2.73 bits per heavy atom. The van der Waals surface area contributed by atoms with Gasteiger partial charge in [0.2, 0.25) is 11.8 Å². The summed E-state index contributed by atoms with van der Waals surface area (Å²) in [6, 6.07) is 7.76. The number of nitrogens with two attached hydrogens (primary N) is 1. The van der Waals surface area contributed by atoms with Crippen molar-refractivity contribution in [2.45, 2.75) is 19.4 Å². The van der Waals surface area contributed by atoms with Crippen molar-refractivity contribution in [2.75, 3.05) is 13.1 Å². The Hall–Kier alpha value is -1.73. The van der Waals surface area contributed by atoms with Gasteiger partial charge < -0.3 is 15.1 Å². The summed E-state index contributed by atoms with van der Waals surface area (Å²) in [6.45, 7) is 2.49. The van der Waals surface area contributed by atoms with Gasteiger partial charge in [-0.1, -0.05) is 12.1 Å². The molecular formula is C15H18BrN4O2+. The van der Waals surface area contributed by atoms with Gasteiger partial charge in [-0.05, 0) is 28.1 Å². The number of halogens is 1. The molecule has 3 rings (SSSR count). The molecule has 6 nitrogen and oxygen atoms in total. The van der Waals surface area contributed by atoms with Gasteiger partial charge in [0.15, 0.2) is 6.54 Å². The normalized spacial score (nSPS) is 21.7. The summed E-state index contributed by atoms with van der Waals surface area (Å²) in [5, 5.41) is 8.25. The van der Waals surface area contributed by atoms with Crippen LogP contribution in [-0.2, 0) is 11.3 Å². The fourth-order valence-corrected chi connectivity index (χ4v) is 3.22. The molecule has 22 heavy (non-hydrogen) atoms. The van der Waals surface area contributed by atoms with Gasteiger partial charge in [0.25, 0.3) is 5.89 Å². The lowest BCUT2D eigenvalue weighted by molar-refractivity contribution is -0.920. The van der Waals surface area contributed by atoms with E-state index in [-0.39, 0.29) is 11.8 Å². The quantitative estimate of drug-likeness (QED) is 0.837. The van der Waals surface area contributed by atoms with Gasteiger partial charge in [0.1, 0.15) is 0 Å². The molecule has 1 aromatic carbocycles. The maximum atomic E-state index is 11.2. The number of primary amides is 1. The maximum Gasteiger partial charge on any atom is 0.271 e. The van der Waals surface area contributed by atoms with Crippen LogP contribution >= 0.6 is 15.9 Å². The molecule has 1 aliphatic heterocycles. The number of likely N-dealkylation sites (tertiary alicyclic amines) is 1. The zero-order valence-electron chi connectivity index (χ0n) is 12.1. The lowest BCUT2D eigenvalue weighted by atomic mass is 9.96. The average Bonchev–Trinajstić information content (AvgIpc) is 2.96. The van der Waals surface area contributed by atoms with Crippen LogP contribution in [0, 0.1) is 5.92 Å². The highest BCUT2D eigenvalue weighted by Gasteiger charge is 2.27. The molecule has 116 valence electrons. The average molecular weight is 366 g/mol. The molecule has 2 heterocycles. The number of rotatable bonds is 4. The minimum Gasteiger partial charge on any atom is -0.415 e. The molecule has 0 bridgehead atoms. The van der Waals surface area contributed by atoms with Crippen molar-refractivity contribution >= 4 is 21.8 Å². The number of quaternary nitrogens is 1. The second-order valence-corrected chi connectivity index (χ2v) is 6.44. The van der Waals surface area contributed by atoms with Crippen LogP contribution in [-0.4, -0.2) is 29.2 Å². The van der Waals surface area contributed by atoms with Crippen LogP contribution in [0.4, 0.5) is 0 Å². The Morgan fingerprint density at radius 1 is 1.32 bits per heavy atom. The van der Waals surface area contributed by atoms with E-state index in [1.165, 1.54) is 4.90 Å². The highest BCUT2D eigenvalue weighted by atomic mass is 79.9. The lowest BCUT2D eigenvalue weighted by Gasteiger charge is -2.26. The Labute approximate surface area is 136 Å². The summed E-state index contributed by atoms with van der Waals surface area (Å²) in [6.07, 6.45) is 1.66. The van der Waals surface area contributed by atoms with E-state index in [0.717, 1.165) is 36.0 Å². The van der Waals surface area contributed by atoms with E-state index in [1.807, 2.05) is 24.3 Å². The van der Waals surface area contributed by atoms with Gasteiger partial charge in [-0.2, -0.15) is 0 Å². The standard InChI is InChI=1S/C15H17BrN4O2/c16-12-4-2-1-3-11(12)15-19-18-13(22-15)9-20-7-5-10(6-8-20)14(17)21/h1-4,10H,5-9H2,(H2,17,21)/p+1. The predicted octanol–water partition coefficient (Wildman–Crippen LogP) is 0.779. The second kappa shape index (κ2) is 6.58. The van der Waals surface area contributed by atoms with E-state index < -0.39 is 0 Å². The monoisotopic (exact) mass is 365 g/mol. The Kier molecular flexibility index (Phi) is 4.54. The predicted molar refractivity (Wildman–Crippen MR) is 83.8 cm³/mol. The van der Waals surface area contributed by atoms with E-state index in [4.69, 9.17) is 10.2 Å². The molecule has 0 spiro atoms. The van der Waals surface area contributed by atoms with Crippen LogP contribution in [0.3, 0.4) is 0 Å². The summed E-state index contributed by atoms with van der Waals surface area (Å²) >= 11 is 3.48. The van der Waals surface area contributed by atoms with Gasteiger partial charge in [-0.25, -0.2) is 0 Å². The number of piperidine rings is 1. The number of hydrogen-bond acceptors (Lipinski definition) is 4. The Bertz CT molecular complexity index is 665. The van der Waals surface area contributed by atoms with Gasteiger partial charge in [0.05, 0.1) is 18.7 Å². The molecule has 3 N–H and O–H groups in total. The van der Waals surface area contributed by atoms with Gasteiger partial charge in [0, 0.05) is 23.2 Å². The fraction of sp³-hybridized carbons (Fsp3) is 0.400. The third kappa shape index (κ3) is 3.36. The molecule has 1 aromatic heterocycles. The first-order valence-corrected chi connectivity index (χ1v) is 8.13. The zero-order chi connectivity index (χ0) is 15.5. The van der Waals surface area contributed by atoms with Crippen molar-refractivity contribution in [1.29, 1.82) is 0 Å². The van der Waals surface area contributed by atoms with Crippen molar-refractivity contribution in [1.82, 2.24) is 10.2 Å². The lowest BCUT2D eigenvalue weighted by Crippen LogP contribution is -3.11. The van der Waals surface area contributed by atoms with Crippen LogP contribution in [0.15, 0.2) is 33.2 Å². The molecule has 0 unspecified atom stereocenters. The number of nitrogens with one attached hydrogen (secondary N) is 1. The third-order valence-electron chi connectivity index (χ3n) is 4.07. The molecule has 0 saturated carbocycles. The minimum absolute atomic E-state index is 0.0160. The van der Waals surface area contributed by atoms with Crippen molar-refractivity contribution in [3.63, 3.8) is 0 Å². The van der Waals surface area contributed by atoms with E-state index in [2.05, 4.69) is 26.1 Å². The van der Waals surface area contributed by atoms with Crippen molar-refractivity contribution in [3.05, 3.63) is 34.6 Å². The summed E-state index contributed by atoms with van der Waals surface area (Å²) in [5.74, 6) is 0.975. The van der Waals surface area contributed by atoms with Crippen LogP contribution < -0.4 is 10.6 Å². The molecule has 1 fully saturated rings. The van der Waals surface area contributed by atoms with Crippen LogP contribution in [0.25, 0.3) is 11.5 Å². The number of hydrogen-bond donors (Lipinski definition) is 2. The number of carbonyl (C=O) groups excluding carboxylic acids is 1. The van der Waals surface area contributed by atoms with E-state index in [0.29, 0.717) is 18.3 Å². The first-order chi connectivity index (χ1) is 10.6. The molecule has 0 atom stereocenters. The fourth-order valence-electron chi connectivity index (χ4n) is 2.77. The van der Waals surface area contributed by atoms with Crippen LogP contribution in [0.2, 0.25) is 0 Å². The third-order valence-corrected chi connectivity index (χ3v) is 4.76. The summed E-state index contributed by atoms with van der Waals surface area (Å²) in [4.78, 5) is 12.5. The summed E-state index contributed by atoms with van der Waals surface area (Å²) < 4.78 is 6.69. The maximum absolute atomic E-state index is 11.2. The topological polar surface area (TPSA) is 86.5 Å². The molecule has 2 aromatic rings. The highest BCUT2D eigenvalue weighted by Crippen LogP contribution is 2.26. The van der Waals surface area contributed by atoms with Gasteiger partial charge in [-0.15, -0.1) is 10.2 Å². The highest BCUT2D eigenvalue weighted by molar-refractivity contribution is 9.10. The largest absolute Gasteiger partial charge is 0.415 e. The van der Waals surface area contributed by atoms with E-state index in [9.17, 15) is 4.79 Å². The number of benzene rings is 1. The summed E-state index contributed by atoms with van der Waals surface area (Å²) in [7, 11) is 0. The number of carbonyl (C=O) groups is 1. The first-order valence-electron chi connectivity index (χ1n) is 7.33. The molecule has 0 aliphatic carbocycles. The van der Waals surface area contributed by atoms with Gasteiger partial charge >= 0.3 is 0 Å². The smallest absolute Gasteiger partial charge is 0.271 e. The van der Waals surface area contributed by atoms with Crippen molar-refractivity contribution < 1.29 is 14.1 Å². The summed E-state index contributed by atoms with van der Waals surface area (Å²) in [5.41, 5.74) is 6.25. The van der Waals surface area contributed by atoms with E-state index in [1.54, 1.807) is 0 Å². The Morgan fingerprint density at radius 2 is 2.05 bits per heavy atom. The van der Waals surface area contributed by atoms with E-state index >= 15 is 0 Å². The van der Waals surface area contributed by atoms with Crippen LogP contribution in [0.5, 0.6) is 0 Å². The molecule has 1 aliphatic rings. The molecular weight excluding hydrogens is 348 g/mol. The SMILES string of the molecule is NC(=O)C1CC[NH+](Cc2nnc(-c3ccccc3Br)o2)CC1. The van der Waals surface area contributed by atoms with Crippen molar-refractivity contribution in [3.8, 4) is 11.5 Å². The molecule has 1 saturated heterocycles. The van der Waals surface area contributed by atoms with Crippen LogP contribution in [0.1, 0.15) is 18.7 Å². The molecule has 7 heteroatoms. The first kappa shape index (κ1) is 15.2. The number of nitrogens with zero attached hydrogens (tertiary/aromatic N) is 2. The van der Waals surface area contributed by atoms with Crippen molar-refractivity contribution in [2.24, 2.45) is 11.7 Å². The number of amides is 1. The zero-order valence-corrected chi connectivity index (χ0v) is 13.7. The minimum atomic E-state index is -0.187. The Balaban J connectivity index is 1.63. The molecule has 1 amide bonds. The van der Waals surface area contributed by atoms with Gasteiger partial charge in [-0.3, -0.25) is 4.79 Å². The molecule has 0 radical (unpaired) electrons. The number of aromatic nitrogens is 2.